The molecule has 2 fully saturated rings. The highest BCUT2D eigenvalue weighted by Gasteiger charge is 2.41. The molecule has 2 saturated heterocycles. The molecular formula is C34H41Cl2N9O5. The summed E-state index contributed by atoms with van der Waals surface area (Å²) in [5.41, 5.74) is 1.65. The fraction of sp³-hybridized carbons (Fsp3) is 0.441. The van der Waals surface area contributed by atoms with Crippen LogP contribution in [0, 0.1) is 0 Å². The summed E-state index contributed by atoms with van der Waals surface area (Å²) in [5, 5.41) is 3.59. The van der Waals surface area contributed by atoms with Crippen molar-refractivity contribution in [1.82, 2.24) is 24.8 Å². The van der Waals surface area contributed by atoms with Gasteiger partial charge >= 0.3 is 6.03 Å². The number of hydrogen-bond donors (Lipinski definition) is 1. The standard InChI is InChI=1S/C34H41Cl2N9O5/c1-41(2)11-5-6-28(46)43-12-9-24(10-13-43)45-32-22(21-44(34(45)47)31-29(35)25(48-3)18-26(49-4)30(31)36)19-38-33(40-32)39-23-7-8-27(37-20-23)42-14-16-50-17-15-42/h5-8,18-20,24H,9-17,21H2,1-4H3,(H,38,39,40). The third kappa shape index (κ3) is 7.53. The van der Waals surface area contributed by atoms with Gasteiger partial charge in [0.1, 0.15) is 33.2 Å². The number of hydrogen-bond acceptors (Lipinski definition) is 11. The maximum absolute atomic E-state index is 14.6. The molecule has 3 aliphatic rings. The molecule has 0 bridgehead atoms. The number of pyridine rings is 1. The van der Waals surface area contributed by atoms with Crippen molar-refractivity contribution in [1.29, 1.82) is 0 Å². The van der Waals surface area contributed by atoms with Crippen molar-refractivity contribution >= 4 is 64.1 Å². The third-order valence-electron chi connectivity index (χ3n) is 8.87. The number of anilines is 5. The van der Waals surface area contributed by atoms with Crippen LogP contribution in [0.4, 0.5) is 33.8 Å². The number of nitrogens with zero attached hydrogens (tertiary/aromatic N) is 8. The first-order valence-corrected chi connectivity index (χ1v) is 17.2. The molecule has 0 saturated carbocycles. The van der Waals surface area contributed by atoms with Crippen molar-refractivity contribution in [3.05, 3.63) is 58.4 Å². The summed E-state index contributed by atoms with van der Waals surface area (Å²) in [6.45, 7) is 4.63. The zero-order chi connectivity index (χ0) is 35.4. The Morgan fingerprint density at radius 3 is 2.36 bits per heavy atom. The van der Waals surface area contributed by atoms with Gasteiger partial charge in [-0.15, -0.1) is 0 Å². The van der Waals surface area contributed by atoms with E-state index in [1.807, 2.05) is 37.2 Å². The number of likely N-dealkylation sites (tertiary alicyclic amines) is 1. The fourth-order valence-electron chi connectivity index (χ4n) is 6.23. The van der Waals surface area contributed by atoms with Crippen molar-refractivity contribution in [2.24, 2.45) is 0 Å². The van der Waals surface area contributed by atoms with E-state index in [0.717, 1.165) is 18.9 Å². The summed E-state index contributed by atoms with van der Waals surface area (Å²) in [6, 6.07) is 4.80. The molecule has 0 radical (unpaired) electrons. The Hall–Kier alpha value is -4.37. The topological polar surface area (TPSA) is 129 Å². The zero-order valence-corrected chi connectivity index (χ0v) is 30.1. The second kappa shape index (κ2) is 15.7. The highest BCUT2D eigenvalue weighted by Crippen LogP contribution is 2.48. The summed E-state index contributed by atoms with van der Waals surface area (Å²) in [7, 11) is 6.86. The highest BCUT2D eigenvalue weighted by atomic mass is 35.5. The molecule has 50 heavy (non-hydrogen) atoms. The number of urea groups is 1. The van der Waals surface area contributed by atoms with Crippen molar-refractivity contribution < 1.29 is 23.8 Å². The summed E-state index contributed by atoms with van der Waals surface area (Å²) in [5.74, 6) is 2.22. The maximum Gasteiger partial charge on any atom is 0.330 e. The number of benzene rings is 1. The zero-order valence-electron chi connectivity index (χ0n) is 28.6. The molecule has 0 spiro atoms. The van der Waals surface area contributed by atoms with Crippen LogP contribution in [-0.4, -0.2) is 117 Å². The third-order valence-corrected chi connectivity index (χ3v) is 9.60. The van der Waals surface area contributed by atoms with Crippen molar-refractivity contribution in [2.75, 3.05) is 94.3 Å². The van der Waals surface area contributed by atoms with E-state index in [0.29, 0.717) is 80.2 Å². The lowest BCUT2D eigenvalue weighted by atomic mass is 10.0. The first kappa shape index (κ1) is 35.5. The van der Waals surface area contributed by atoms with E-state index in [2.05, 4.69) is 20.2 Å². The minimum absolute atomic E-state index is 0.0543. The van der Waals surface area contributed by atoms with Crippen molar-refractivity contribution in [3.63, 3.8) is 0 Å². The van der Waals surface area contributed by atoms with Crippen LogP contribution in [-0.2, 0) is 16.1 Å². The number of ether oxygens (including phenoxy) is 3. The lowest BCUT2D eigenvalue weighted by Crippen LogP contribution is -2.55. The molecular weight excluding hydrogens is 685 g/mol. The molecule has 0 aliphatic carbocycles. The Labute approximate surface area is 301 Å². The minimum atomic E-state index is -0.367. The fourth-order valence-corrected chi connectivity index (χ4v) is 6.94. The lowest BCUT2D eigenvalue weighted by molar-refractivity contribution is -0.127. The van der Waals surface area contributed by atoms with Crippen LogP contribution in [0.5, 0.6) is 11.5 Å². The van der Waals surface area contributed by atoms with E-state index >= 15 is 0 Å². The molecule has 3 aromatic rings. The van der Waals surface area contributed by atoms with E-state index in [1.54, 1.807) is 34.3 Å². The van der Waals surface area contributed by atoms with Gasteiger partial charge in [-0.1, -0.05) is 29.3 Å². The van der Waals surface area contributed by atoms with Gasteiger partial charge in [0.2, 0.25) is 11.9 Å². The molecule has 0 atom stereocenters. The molecule has 6 rings (SSSR count). The summed E-state index contributed by atoms with van der Waals surface area (Å²) >= 11 is 13.6. The number of aromatic nitrogens is 3. The average molecular weight is 727 g/mol. The Bertz CT molecular complexity index is 1700. The second-order valence-corrected chi connectivity index (χ2v) is 13.1. The Morgan fingerprint density at radius 2 is 1.74 bits per heavy atom. The van der Waals surface area contributed by atoms with Gasteiger partial charge in [-0.3, -0.25) is 14.6 Å². The van der Waals surface area contributed by atoms with E-state index < -0.39 is 0 Å². The molecule has 2 aromatic heterocycles. The van der Waals surface area contributed by atoms with E-state index in [1.165, 1.54) is 19.1 Å². The van der Waals surface area contributed by atoms with Gasteiger partial charge in [0, 0.05) is 62.7 Å². The van der Waals surface area contributed by atoms with Gasteiger partial charge in [-0.05, 0) is 39.1 Å². The van der Waals surface area contributed by atoms with Gasteiger partial charge in [-0.2, -0.15) is 4.98 Å². The lowest BCUT2D eigenvalue weighted by Gasteiger charge is -2.43. The number of nitrogens with one attached hydrogen (secondary N) is 1. The number of amides is 3. The number of likely N-dealkylation sites (N-methyl/N-ethyl adjacent to an activating group) is 1. The molecule has 5 heterocycles. The number of rotatable bonds is 10. The van der Waals surface area contributed by atoms with Gasteiger partial charge in [0.05, 0.1) is 51.5 Å². The summed E-state index contributed by atoms with van der Waals surface area (Å²) in [4.78, 5) is 50.8. The van der Waals surface area contributed by atoms with E-state index in [4.69, 9.17) is 42.4 Å². The Morgan fingerprint density at radius 1 is 1.04 bits per heavy atom. The van der Waals surface area contributed by atoms with Crippen LogP contribution in [0.2, 0.25) is 10.0 Å². The van der Waals surface area contributed by atoms with Crippen LogP contribution in [0.25, 0.3) is 0 Å². The molecule has 3 amide bonds. The number of carbonyl (C=O) groups is 2. The first-order chi connectivity index (χ1) is 24.2. The second-order valence-electron chi connectivity index (χ2n) is 12.4. The highest BCUT2D eigenvalue weighted by molar-refractivity contribution is 6.42. The quantitative estimate of drug-likeness (QED) is 0.289. The van der Waals surface area contributed by atoms with Crippen LogP contribution in [0.1, 0.15) is 18.4 Å². The first-order valence-electron chi connectivity index (χ1n) is 16.4. The Kier molecular flexibility index (Phi) is 11.1. The predicted octanol–water partition coefficient (Wildman–Crippen LogP) is 4.83. The monoisotopic (exact) mass is 725 g/mol. The molecule has 1 N–H and O–H groups in total. The molecule has 14 nitrogen and oxygen atoms in total. The number of carbonyl (C=O) groups excluding carboxylic acids is 2. The smallest absolute Gasteiger partial charge is 0.330 e. The maximum atomic E-state index is 14.6. The normalized spacial score (nSPS) is 17.1. The number of halogens is 2. The van der Waals surface area contributed by atoms with E-state index in [-0.39, 0.29) is 40.3 Å². The minimum Gasteiger partial charge on any atom is -0.495 e. The average Bonchev–Trinajstić information content (AvgIpc) is 3.13. The van der Waals surface area contributed by atoms with Gasteiger partial charge in [-0.25, -0.2) is 14.8 Å². The van der Waals surface area contributed by atoms with Crippen LogP contribution < -0.4 is 29.5 Å². The van der Waals surface area contributed by atoms with Gasteiger partial charge in [0.25, 0.3) is 0 Å². The number of morpholine rings is 1. The molecule has 0 unspecified atom stereocenters. The number of fused-ring (bicyclic) bond motifs is 1. The van der Waals surface area contributed by atoms with Crippen LogP contribution in [0.3, 0.4) is 0 Å². The largest absolute Gasteiger partial charge is 0.495 e. The summed E-state index contributed by atoms with van der Waals surface area (Å²) < 4.78 is 16.4. The molecule has 3 aliphatic heterocycles. The van der Waals surface area contributed by atoms with Gasteiger partial charge in [0.15, 0.2) is 0 Å². The number of piperidine rings is 1. The van der Waals surface area contributed by atoms with Crippen LogP contribution >= 0.6 is 23.2 Å². The number of methoxy groups -OCH3 is 2. The van der Waals surface area contributed by atoms with E-state index in [9.17, 15) is 9.59 Å². The molecule has 266 valence electrons. The Balaban J connectivity index is 1.30. The molecule has 16 heteroatoms. The summed E-state index contributed by atoms with van der Waals surface area (Å²) in [6.07, 6.45) is 7.96. The van der Waals surface area contributed by atoms with Crippen molar-refractivity contribution in [2.45, 2.75) is 25.4 Å². The van der Waals surface area contributed by atoms with Gasteiger partial charge < -0.3 is 34.2 Å². The molecule has 1 aromatic carbocycles. The predicted molar refractivity (Wildman–Crippen MR) is 194 cm³/mol. The van der Waals surface area contributed by atoms with Crippen molar-refractivity contribution in [3.8, 4) is 11.5 Å². The SMILES string of the molecule is COc1cc(OC)c(Cl)c(N2Cc3cnc(Nc4ccc(N5CCOCC5)nc4)nc3N(C3CCN(C(=O)C=CCN(C)C)CC3)C2=O)c1Cl. The van der Waals surface area contributed by atoms with Crippen LogP contribution in [0.15, 0.2) is 42.7 Å².